The predicted molar refractivity (Wildman–Crippen MR) is 124 cm³/mol. The molecule has 1 saturated heterocycles. The van der Waals surface area contributed by atoms with Crippen LogP contribution in [0, 0.1) is 0 Å². The molecule has 166 valence electrons. The smallest absolute Gasteiger partial charge is 0.286 e. The maximum atomic E-state index is 12.6. The zero-order valence-corrected chi connectivity index (χ0v) is 18.7. The summed E-state index contributed by atoms with van der Waals surface area (Å²) in [6.07, 6.45) is 0.839. The lowest BCUT2D eigenvalue weighted by molar-refractivity contribution is -0.131. The highest BCUT2D eigenvalue weighted by molar-refractivity contribution is 7.13. The van der Waals surface area contributed by atoms with Crippen molar-refractivity contribution in [1.29, 1.82) is 0 Å². The van der Waals surface area contributed by atoms with Gasteiger partial charge in [0, 0.05) is 50.4 Å². The number of aromatic nitrogens is 2. The van der Waals surface area contributed by atoms with Gasteiger partial charge in [-0.3, -0.25) is 9.59 Å². The second-order valence-electron chi connectivity index (χ2n) is 7.39. The summed E-state index contributed by atoms with van der Waals surface area (Å²) in [4.78, 5) is 29.1. The quantitative estimate of drug-likeness (QED) is 0.594. The molecule has 3 aromatic rings. The van der Waals surface area contributed by atoms with Gasteiger partial charge in [0.2, 0.25) is 10.9 Å². The van der Waals surface area contributed by atoms with E-state index in [0.29, 0.717) is 41.6 Å². The molecule has 2 heterocycles. The molecule has 1 N–H and O–H groups in total. The van der Waals surface area contributed by atoms with E-state index in [4.69, 9.17) is 4.74 Å². The van der Waals surface area contributed by atoms with Crippen molar-refractivity contribution >= 4 is 34.5 Å². The maximum Gasteiger partial charge on any atom is 0.286 e. The number of nitrogens with one attached hydrogen (secondary N) is 1. The third-order valence-corrected chi connectivity index (χ3v) is 6.30. The van der Waals surface area contributed by atoms with Crippen molar-refractivity contribution in [1.82, 2.24) is 15.1 Å². The average Bonchev–Trinajstić information content (AvgIpc) is 3.33. The number of hydrogen-bond acceptors (Lipinski definition) is 7. The highest BCUT2D eigenvalue weighted by Gasteiger charge is 2.22. The van der Waals surface area contributed by atoms with Crippen LogP contribution in [0.25, 0.3) is 0 Å². The van der Waals surface area contributed by atoms with Crippen molar-refractivity contribution < 1.29 is 14.3 Å². The topological polar surface area (TPSA) is 87.7 Å². The second-order valence-corrected chi connectivity index (χ2v) is 8.45. The van der Waals surface area contributed by atoms with Gasteiger partial charge in [0.15, 0.2) is 0 Å². The van der Waals surface area contributed by atoms with Gasteiger partial charge in [-0.05, 0) is 36.4 Å². The SMILES string of the molecule is COc1ccc(N2CCN(C(=O)CCc3nnc(C(=O)Nc4ccccc4)s3)CC2)cc1. The summed E-state index contributed by atoms with van der Waals surface area (Å²) in [6, 6.07) is 17.2. The number of ether oxygens (including phenoxy) is 1. The Bertz CT molecular complexity index is 1050. The first-order valence-corrected chi connectivity index (χ1v) is 11.3. The first-order chi connectivity index (χ1) is 15.6. The summed E-state index contributed by atoms with van der Waals surface area (Å²) in [5, 5.41) is 11.8. The molecule has 0 spiro atoms. The van der Waals surface area contributed by atoms with E-state index in [1.165, 1.54) is 11.3 Å². The molecule has 4 rings (SSSR count). The van der Waals surface area contributed by atoms with E-state index in [9.17, 15) is 9.59 Å². The number of methoxy groups -OCH3 is 1. The molecule has 0 saturated carbocycles. The fourth-order valence-electron chi connectivity index (χ4n) is 3.53. The standard InChI is InChI=1S/C23H25N5O3S/c1-31-19-9-7-18(8-10-19)27-13-15-28(16-14-27)21(29)12-11-20-25-26-23(32-20)22(30)24-17-5-3-2-4-6-17/h2-10H,11-16H2,1H3,(H,24,30). The molecule has 9 heteroatoms. The van der Waals surface area contributed by atoms with Gasteiger partial charge in [-0.2, -0.15) is 0 Å². The summed E-state index contributed by atoms with van der Waals surface area (Å²) in [6.45, 7) is 2.96. The van der Waals surface area contributed by atoms with Crippen LogP contribution in [-0.2, 0) is 11.2 Å². The van der Waals surface area contributed by atoms with Crippen molar-refractivity contribution in [3.05, 3.63) is 64.6 Å². The van der Waals surface area contributed by atoms with Crippen molar-refractivity contribution in [3.8, 4) is 5.75 Å². The third-order valence-electron chi connectivity index (χ3n) is 5.32. The van der Waals surface area contributed by atoms with E-state index in [1.807, 2.05) is 59.5 Å². The number of aryl methyl sites for hydroxylation is 1. The molecule has 1 fully saturated rings. The fraction of sp³-hybridized carbons (Fsp3) is 0.304. The number of rotatable bonds is 7. The third kappa shape index (κ3) is 5.42. The van der Waals surface area contributed by atoms with Gasteiger partial charge in [-0.15, -0.1) is 10.2 Å². The van der Waals surface area contributed by atoms with Crippen LogP contribution >= 0.6 is 11.3 Å². The number of para-hydroxylation sites is 1. The van der Waals surface area contributed by atoms with Gasteiger partial charge in [-0.1, -0.05) is 29.5 Å². The Balaban J connectivity index is 1.23. The summed E-state index contributed by atoms with van der Waals surface area (Å²) in [7, 11) is 1.65. The fourth-order valence-corrected chi connectivity index (χ4v) is 4.27. The first-order valence-electron chi connectivity index (χ1n) is 10.5. The van der Waals surface area contributed by atoms with Crippen LogP contribution in [-0.4, -0.2) is 60.2 Å². The maximum absolute atomic E-state index is 12.6. The molecule has 0 unspecified atom stereocenters. The number of benzene rings is 2. The van der Waals surface area contributed by atoms with Crippen LogP contribution in [0.2, 0.25) is 0 Å². The van der Waals surface area contributed by atoms with E-state index in [-0.39, 0.29) is 11.8 Å². The lowest BCUT2D eigenvalue weighted by Crippen LogP contribution is -2.48. The zero-order chi connectivity index (χ0) is 22.3. The average molecular weight is 452 g/mol. The highest BCUT2D eigenvalue weighted by Crippen LogP contribution is 2.21. The van der Waals surface area contributed by atoms with Gasteiger partial charge < -0.3 is 19.9 Å². The molecule has 1 aliphatic heterocycles. The summed E-state index contributed by atoms with van der Waals surface area (Å²) >= 11 is 1.23. The summed E-state index contributed by atoms with van der Waals surface area (Å²) in [5.41, 5.74) is 1.84. The van der Waals surface area contributed by atoms with E-state index in [2.05, 4.69) is 20.4 Å². The first kappa shape index (κ1) is 21.8. The van der Waals surface area contributed by atoms with E-state index in [1.54, 1.807) is 7.11 Å². The van der Waals surface area contributed by atoms with Crippen molar-refractivity contribution in [2.45, 2.75) is 12.8 Å². The number of amides is 2. The van der Waals surface area contributed by atoms with E-state index >= 15 is 0 Å². The van der Waals surface area contributed by atoms with Crippen LogP contribution in [0.15, 0.2) is 54.6 Å². The summed E-state index contributed by atoms with van der Waals surface area (Å²) < 4.78 is 5.21. The van der Waals surface area contributed by atoms with Gasteiger partial charge >= 0.3 is 0 Å². The van der Waals surface area contributed by atoms with Crippen LogP contribution in [0.5, 0.6) is 5.75 Å². The van der Waals surface area contributed by atoms with Crippen LogP contribution in [0.4, 0.5) is 11.4 Å². The molecule has 0 aliphatic carbocycles. The minimum absolute atomic E-state index is 0.102. The van der Waals surface area contributed by atoms with Crippen molar-refractivity contribution in [2.75, 3.05) is 43.5 Å². The number of anilines is 2. The molecule has 2 aromatic carbocycles. The number of carbonyl (C=O) groups excluding carboxylic acids is 2. The number of hydrogen-bond donors (Lipinski definition) is 1. The van der Waals surface area contributed by atoms with E-state index in [0.717, 1.165) is 24.5 Å². The predicted octanol–water partition coefficient (Wildman–Crippen LogP) is 3.08. The molecular formula is C23H25N5O3S. The van der Waals surface area contributed by atoms with Crippen molar-refractivity contribution in [3.63, 3.8) is 0 Å². The Labute approximate surface area is 190 Å². The van der Waals surface area contributed by atoms with Crippen molar-refractivity contribution in [2.24, 2.45) is 0 Å². The summed E-state index contributed by atoms with van der Waals surface area (Å²) in [5.74, 6) is 0.644. The normalized spacial score (nSPS) is 13.7. The van der Waals surface area contributed by atoms with Gasteiger partial charge in [0.1, 0.15) is 10.8 Å². The molecule has 1 aromatic heterocycles. The lowest BCUT2D eigenvalue weighted by atomic mass is 10.2. The Hall–Kier alpha value is -3.46. The minimum atomic E-state index is -0.291. The molecule has 8 nitrogen and oxygen atoms in total. The molecule has 0 atom stereocenters. The van der Waals surface area contributed by atoms with Crippen LogP contribution < -0.4 is 15.0 Å². The van der Waals surface area contributed by atoms with Gasteiger partial charge in [-0.25, -0.2) is 0 Å². The number of piperazine rings is 1. The van der Waals surface area contributed by atoms with E-state index < -0.39 is 0 Å². The largest absolute Gasteiger partial charge is 0.497 e. The molecular weight excluding hydrogens is 426 g/mol. The van der Waals surface area contributed by atoms with Crippen LogP contribution in [0.3, 0.4) is 0 Å². The Morgan fingerprint density at radius 3 is 2.41 bits per heavy atom. The van der Waals surface area contributed by atoms with Gasteiger partial charge in [0.05, 0.1) is 7.11 Å². The Morgan fingerprint density at radius 1 is 1.00 bits per heavy atom. The van der Waals surface area contributed by atoms with Gasteiger partial charge in [0.25, 0.3) is 5.91 Å². The highest BCUT2D eigenvalue weighted by atomic mass is 32.1. The minimum Gasteiger partial charge on any atom is -0.497 e. The molecule has 0 bridgehead atoms. The monoisotopic (exact) mass is 451 g/mol. The molecule has 1 aliphatic rings. The second kappa shape index (κ2) is 10.2. The lowest BCUT2D eigenvalue weighted by Gasteiger charge is -2.36. The number of carbonyl (C=O) groups is 2. The zero-order valence-electron chi connectivity index (χ0n) is 17.9. The molecule has 32 heavy (non-hydrogen) atoms. The Kier molecular flexibility index (Phi) is 6.96. The number of nitrogens with zero attached hydrogens (tertiary/aromatic N) is 4. The van der Waals surface area contributed by atoms with Crippen LogP contribution in [0.1, 0.15) is 21.2 Å². The molecule has 2 amide bonds. The Morgan fingerprint density at radius 2 is 1.72 bits per heavy atom. The molecule has 0 radical (unpaired) electrons.